The number of allylic oxidation sites excluding steroid dienone is 2. The van der Waals surface area contributed by atoms with E-state index in [4.69, 9.17) is 0 Å². The van der Waals surface area contributed by atoms with Gasteiger partial charge in [-0.3, -0.25) is 4.79 Å². The molecule has 1 nitrogen and oxygen atoms in total. The van der Waals surface area contributed by atoms with Crippen LogP contribution in [0.5, 0.6) is 0 Å². The number of rotatable bonds is 0. The van der Waals surface area contributed by atoms with Crippen molar-refractivity contribution in [2.75, 3.05) is 0 Å². The molecule has 54 valence electrons. The summed E-state index contributed by atoms with van der Waals surface area (Å²) in [5, 5.41) is 0. The Hall–Kier alpha value is -0.590. The third-order valence-electron chi connectivity index (χ3n) is 2.79. The van der Waals surface area contributed by atoms with E-state index in [0.29, 0.717) is 5.78 Å². The van der Waals surface area contributed by atoms with Gasteiger partial charge in [0.25, 0.3) is 0 Å². The molecule has 0 heterocycles. The van der Waals surface area contributed by atoms with E-state index in [1.54, 1.807) is 6.08 Å². The SMILES string of the molecule is O=C1C=CC12CCCCC2. The molecule has 0 aromatic heterocycles. The van der Waals surface area contributed by atoms with Crippen LogP contribution in [0.25, 0.3) is 0 Å². The van der Waals surface area contributed by atoms with Gasteiger partial charge in [0.05, 0.1) is 5.41 Å². The summed E-state index contributed by atoms with van der Waals surface area (Å²) in [5.41, 5.74) is 0.0399. The highest BCUT2D eigenvalue weighted by atomic mass is 16.1. The number of hydrogen-bond acceptors (Lipinski definition) is 1. The van der Waals surface area contributed by atoms with Crippen molar-refractivity contribution >= 4 is 5.78 Å². The smallest absolute Gasteiger partial charge is 0.165 e. The molecule has 1 heteroatoms. The minimum Gasteiger partial charge on any atom is -0.294 e. The van der Waals surface area contributed by atoms with Gasteiger partial charge in [-0.2, -0.15) is 0 Å². The zero-order valence-corrected chi connectivity index (χ0v) is 6.10. The van der Waals surface area contributed by atoms with Crippen LogP contribution in [-0.2, 0) is 4.79 Å². The molecule has 10 heavy (non-hydrogen) atoms. The highest BCUT2D eigenvalue weighted by Crippen LogP contribution is 2.43. The Morgan fingerprint density at radius 2 is 1.90 bits per heavy atom. The van der Waals surface area contributed by atoms with Crippen molar-refractivity contribution < 1.29 is 4.79 Å². The molecule has 0 radical (unpaired) electrons. The maximum absolute atomic E-state index is 11.1. The van der Waals surface area contributed by atoms with Gasteiger partial charge in [-0.1, -0.05) is 25.3 Å². The normalized spacial score (nSPS) is 28.6. The van der Waals surface area contributed by atoms with E-state index >= 15 is 0 Å². The molecular formula is C9H12O. The largest absolute Gasteiger partial charge is 0.294 e. The van der Waals surface area contributed by atoms with Crippen LogP contribution < -0.4 is 0 Å². The van der Waals surface area contributed by atoms with E-state index in [9.17, 15) is 4.79 Å². The second-order valence-electron chi connectivity index (χ2n) is 3.41. The molecule has 0 amide bonds. The van der Waals surface area contributed by atoms with Crippen molar-refractivity contribution in [2.24, 2.45) is 5.41 Å². The highest BCUT2D eigenvalue weighted by Gasteiger charge is 2.40. The van der Waals surface area contributed by atoms with Gasteiger partial charge in [-0.05, 0) is 18.9 Å². The molecule has 0 bridgehead atoms. The Kier molecular flexibility index (Phi) is 1.19. The molecule has 0 saturated heterocycles. The molecular weight excluding hydrogens is 124 g/mol. The first-order chi connectivity index (χ1) is 4.83. The Morgan fingerprint density at radius 3 is 2.20 bits per heavy atom. The number of carbonyl (C=O) groups excluding carboxylic acids is 1. The van der Waals surface area contributed by atoms with Crippen molar-refractivity contribution in [3.05, 3.63) is 12.2 Å². The minimum absolute atomic E-state index is 0.0399. The first kappa shape index (κ1) is 6.14. The topological polar surface area (TPSA) is 17.1 Å². The van der Waals surface area contributed by atoms with E-state index in [-0.39, 0.29) is 5.41 Å². The van der Waals surface area contributed by atoms with Crippen LogP contribution in [0.1, 0.15) is 32.1 Å². The lowest BCUT2D eigenvalue weighted by Gasteiger charge is -2.37. The fourth-order valence-corrected chi connectivity index (χ4v) is 1.98. The van der Waals surface area contributed by atoms with E-state index in [1.807, 2.05) is 0 Å². The molecule has 0 unspecified atom stereocenters. The number of ketones is 1. The number of carbonyl (C=O) groups is 1. The fourth-order valence-electron chi connectivity index (χ4n) is 1.98. The fraction of sp³-hybridized carbons (Fsp3) is 0.667. The third-order valence-corrected chi connectivity index (χ3v) is 2.79. The summed E-state index contributed by atoms with van der Waals surface area (Å²) >= 11 is 0. The Morgan fingerprint density at radius 1 is 1.20 bits per heavy atom. The monoisotopic (exact) mass is 136 g/mol. The zero-order valence-electron chi connectivity index (χ0n) is 6.10. The van der Waals surface area contributed by atoms with E-state index < -0.39 is 0 Å². The molecule has 2 aliphatic rings. The molecule has 0 aromatic carbocycles. The van der Waals surface area contributed by atoms with E-state index in [2.05, 4.69) is 6.08 Å². The Bertz CT molecular complexity index is 185. The van der Waals surface area contributed by atoms with Crippen molar-refractivity contribution in [3.8, 4) is 0 Å². The summed E-state index contributed by atoms with van der Waals surface area (Å²) in [6, 6.07) is 0. The Balaban J connectivity index is 2.15. The predicted molar refractivity (Wildman–Crippen MR) is 39.7 cm³/mol. The molecule has 0 atom stereocenters. The minimum atomic E-state index is 0.0399. The van der Waals surface area contributed by atoms with Gasteiger partial charge in [0, 0.05) is 0 Å². The quantitative estimate of drug-likeness (QED) is 0.498. The summed E-state index contributed by atoms with van der Waals surface area (Å²) in [6.07, 6.45) is 9.87. The van der Waals surface area contributed by atoms with Gasteiger partial charge in [-0.15, -0.1) is 0 Å². The first-order valence-electron chi connectivity index (χ1n) is 4.07. The molecule has 0 aliphatic heterocycles. The lowest BCUT2D eigenvalue weighted by molar-refractivity contribution is -0.125. The maximum atomic E-state index is 11.1. The van der Waals surface area contributed by atoms with Gasteiger partial charge in [-0.25, -0.2) is 0 Å². The maximum Gasteiger partial charge on any atom is 0.165 e. The molecule has 2 aliphatic carbocycles. The molecule has 1 fully saturated rings. The van der Waals surface area contributed by atoms with Crippen LogP contribution in [0.2, 0.25) is 0 Å². The van der Waals surface area contributed by atoms with Crippen molar-refractivity contribution in [1.29, 1.82) is 0 Å². The summed E-state index contributed by atoms with van der Waals surface area (Å²) in [7, 11) is 0. The Labute approximate surface area is 61.1 Å². The van der Waals surface area contributed by atoms with Crippen LogP contribution in [0.4, 0.5) is 0 Å². The zero-order chi connectivity index (χ0) is 7.03. The first-order valence-corrected chi connectivity index (χ1v) is 4.07. The lowest BCUT2D eigenvalue weighted by atomic mass is 9.65. The number of hydrogen-bond donors (Lipinski definition) is 0. The summed E-state index contributed by atoms with van der Waals surface area (Å²) in [6.45, 7) is 0. The molecule has 1 saturated carbocycles. The predicted octanol–water partition coefficient (Wildman–Crippen LogP) is 2.08. The second-order valence-corrected chi connectivity index (χ2v) is 3.41. The summed E-state index contributed by atoms with van der Waals surface area (Å²) in [4.78, 5) is 11.1. The van der Waals surface area contributed by atoms with E-state index in [1.165, 1.54) is 19.3 Å². The van der Waals surface area contributed by atoms with Crippen LogP contribution in [0.15, 0.2) is 12.2 Å². The molecule has 1 spiro atoms. The van der Waals surface area contributed by atoms with Gasteiger partial charge in [0.15, 0.2) is 5.78 Å². The second kappa shape index (κ2) is 1.94. The standard InChI is InChI=1S/C9H12O/c10-8-4-7-9(8)5-2-1-3-6-9/h4,7H,1-3,5-6H2. The van der Waals surface area contributed by atoms with Crippen molar-refractivity contribution in [3.63, 3.8) is 0 Å². The average Bonchev–Trinajstić information content (AvgIpc) is 2.04. The lowest BCUT2D eigenvalue weighted by Crippen LogP contribution is -2.36. The summed E-state index contributed by atoms with van der Waals surface area (Å²) < 4.78 is 0. The van der Waals surface area contributed by atoms with Gasteiger partial charge >= 0.3 is 0 Å². The summed E-state index contributed by atoms with van der Waals surface area (Å²) in [5.74, 6) is 0.382. The van der Waals surface area contributed by atoms with Gasteiger partial charge in [0.2, 0.25) is 0 Å². The molecule has 0 N–H and O–H groups in total. The van der Waals surface area contributed by atoms with E-state index in [0.717, 1.165) is 12.8 Å². The van der Waals surface area contributed by atoms with Crippen LogP contribution in [0, 0.1) is 5.41 Å². The average molecular weight is 136 g/mol. The van der Waals surface area contributed by atoms with Crippen LogP contribution >= 0.6 is 0 Å². The molecule has 2 rings (SSSR count). The van der Waals surface area contributed by atoms with Crippen LogP contribution in [-0.4, -0.2) is 5.78 Å². The third kappa shape index (κ3) is 0.664. The highest BCUT2D eigenvalue weighted by molar-refractivity contribution is 6.02. The van der Waals surface area contributed by atoms with Crippen molar-refractivity contribution in [1.82, 2.24) is 0 Å². The van der Waals surface area contributed by atoms with Crippen LogP contribution in [0.3, 0.4) is 0 Å². The molecule has 0 aromatic rings. The van der Waals surface area contributed by atoms with Crippen molar-refractivity contribution in [2.45, 2.75) is 32.1 Å². The van der Waals surface area contributed by atoms with Gasteiger partial charge in [0.1, 0.15) is 0 Å². The van der Waals surface area contributed by atoms with Gasteiger partial charge < -0.3 is 0 Å².